The molecule has 0 N–H and O–H groups in total. The van der Waals surface area contributed by atoms with Crippen LogP contribution in [0.25, 0.3) is 6.08 Å². The number of carbonyl (C=O) groups is 2. The molecule has 0 aliphatic rings. The van der Waals surface area contributed by atoms with Gasteiger partial charge in [-0.15, -0.1) is 0 Å². The lowest BCUT2D eigenvalue weighted by atomic mass is 10.1. The molecule has 0 bridgehead atoms. The van der Waals surface area contributed by atoms with Crippen LogP contribution in [0.5, 0.6) is 0 Å². The molecule has 1 aromatic carbocycles. The summed E-state index contributed by atoms with van der Waals surface area (Å²) in [6.07, 6.45) is -0.525. The first kappa shape index (κ1) is 16.4. The second kappa shape index (κ2) is 7.78. The number of rotatable bonds is 6. The molecule has 0 saturated heterocycles. The van der Waals surface area contributed by atoms with Gasteiger partial charge in [0.2, 0.25) is 0 Å². The van der Waals surface area contributed by atoms with Crippen LogP contribution in [0.4, 0.5) is 0 Å². The van der Waals surface area contributed by atoms with E-state index in [-0.39, 0.29) is 6.61 Å². The van der Waals surface area contributed by atoms with Crippen LogP contribution < -0.4 is 0 Å². The Morgan fingerprint density at radius 2 is 1.95 bits per heavy atom. The van der Waals surface area contributed by atoms with Gasteiger partial charge in [0.15, 0.2) is 0 Å². The highest BCUT2D eigenvalue weighted by atomic mass is 16.6. The zero-order valence-electron chi connectivity index (χ0n) is 11.6. The zero-order valence-corrected chi connectivity index (χ0v) is 11.6. The predicted octanol–water partition coefficient (Wildman–Crippen LogP) is 1.80. The van der Waals surface area contributed by atoms with Crippen LogP contribution >= 0.6 is 0 Å². The molecule has 1 rings (SSSR count). The monoisotopic (exact) mass is 293 g/mol. The standard InChI is InChI=1S/C14H15NO6/c1-3-20-14(17)13(21-10(2)16)12(15(18)19)9-11-7-5-4-6-8-11/h4-9,13H,3H2,1-2H3/b12-9+. The minimum atomic E-state index is -1.70. The zero-order chi connectivity index (χ0) is 15.8. The third-order valence-corrected chi connectivity index (χ3v) is 2.38. The molecule has 21 heavy (non-hydrogen) atoms. The van der Waals surface area contributed by atoms with Crippen molar-refractivity contribution in [3.63, 3.8) is 0 Å². The molecule has 112 valence electrons. The van der Waals surface area contributed by atoms with Gasteiger partial charge in [0.1, 0.15) is 0 Å². The molecule has 0 aliphatic heterocycles. The molecule has 0 heterocycles. The average molecular weight is 293 g/mol. The highest BCUT2D eigenvalue weighted by Crippen LogP contribution is 2.15. The van der Waals surface area contributed by atoms with Crippen LogP contribution in [0.3, 0.4) is 0 Å². The third-order valence-electron chi connectivity index (χ3n) is 2.38. The molecule has 1 unspecified atom stereocenters. The summed E-state index contributed by atoms with van der Waals surface area (Å²) < 4.78 is 9.45. The first-order valence-corrected chi connectivity index (χ1v) is 6.20. The molecule has 1 atom stereocenters. The van der Waals surface area contributed by atoms with E-state index < -0.39 is 28.7 Å². The van der Waals surface area contributed by atoms with Crippen LogP contribution in [-0.2, 0) is 19.1 Å². The molecule has 0 amide bonds. The van der Waals surface area contributed by atoms with Gasteiger partial charge in [-0.1, -0.05) is 30.3 Å². The van der Waals surface area contributed by atoms with E-state index in [0.29, 0.717) is 5.56 Å². The minimum Gasteiger partial charge on any atom is -0.463 e. The van der Waals surface area contributed by atoms with Crippen LogP contribution in [-0.4, -0.2) is 29.6 Å². The van der Waals surface area contributed by atoms with Gasteiger partial charge in [0.25, 0.3) is 11.8 Å². The Morgan fingerprint density at radius 3 is 2.43 bits per heavy atom. The normalized spacial score (nSPS) is 12.4. The van der Waals surface area contributed by atoms with Crippen molar-refractivity contribution < 1.29 is 24.0 Å². The number of hydrogen-bond acceptors (Lipinski definition) is 6. The SMILES string of the molecule is CCOC(=O)C(OC(C)=O)/C(=C\c1ccccc1)[N+](=O)[O-]. The maximum atomic E-state index is 11.8. The van der Waals surface area contributed by atoms with Gasteiger partial charge in [0.05, 0.1) is 11.5 Å². The Labute approximate surface area is 121 Å². The van der Waals surface area contributed by atoms with Crippen molar-refractivity contribution in [1.29, 1.82) is 0 Å². The molecule has 0 saturated carbocycles. The van der Waals surface area contributed by atoms with Gasteiger partial charge in [-0.05, 0) is 12.5 Å². The Morgan fingerprint density at radius 1 is 1.33 bits per heavy atom. The Kier molecular flexibility index (Phi) is 6.06. The highest BCUT2D eigenvalue weighted by Gasteiger charge is 2.36. The Hall–Kier alpha value is -2.70. The first-order valence-electron chi connectivity index (χ1n) is 6.20. The van der Waals surface area contributed by atoms with E-state index in [4.69, 9.17) is 9.47 Å². The van der Waals surface area contributed by atoms with E-state index in [1.165, 1.54) is 6.08 Å². The van der Waals surface area contributed by atoms with Crippen molar-refractivity contribution in [2.24, 2.45) is 0 Å². The molecule has 0 aromatic heterocycles. The van der Waals surface area contributed by atoms with E-state index in [1.807, 2.05) is 0 Å². The van der Waals surface area contributed by atoms with Crippen LogP contribution in [0.2, 0.25) is 0 Å². The lowest BCUT2D eigenvalue weighted by molar-refractivity contribution is -0.432. The lowest BCUT2D eigenvalue weighted by Crippen LogP contribution is -2.33. The van der Waals surface area contributed by atoms with Gasteiger partial charge in [0, 0.05) is 13.0 Å². The first-order chi connectivity index (χ1) is 9.95. The Balaban J connectivity index is 3.19. The summed E-state index contributed by atoms with van der Waals surface area (Å²) in [7, 11) is 0. The molecule has 0 radical (unpaired) electrons. The fourth-order valence-corrected chi connectivity index (χ4v) is 1.56. The maximum absolute atomic E-state index is 11.8. The fourth-order valence-electron chi connectivity index (χ4n) is 1.56. The van der Waals surface area contributed by atoms with E-state index in [9.17, 15) is 19.7 Å². The smallest absolute Gasteiger partial charge is 0.358 e. The van der Waals surface area contributed by atoms with Crippen LogP contribution in [0, 0.1) is 10.1 Å². The second-order valence-electron chi connectivity index (χ2n) is 3.98. The van der Waals surface area contributed by atoms with Crippen molar-refractivity contribution >= 4 is 18.0 Å². The van der Waals surface area contributed by atoms with Crippen molar-refractivity contribution in [1.82, 2.24) is 0 Å². The summed E-state index contributed by atoms with van der Waals surface area (Å²) in [5, 5.41) is 11.2. The summed E-state index contributed by atoms with van der Waals surface area (Å²) in [4.78, 5) is 33.2. The van der Waals surface area contributed by atoms with Gasteiger partial charge in [-0.2, -0.15) is 0 Å². The largest absolute Gasteiger partial charge is 0.463 e. The van der Waals surface area contributed by atoms with Crippen molar-refractivity contribution in [3.8, 4) is 0 Å². The molecule has 1 aromatic rings. The summed E-state index contributed by atoms with van der Waals surface area (Å²) in [5.41, 5.74) is -0.0551. The van der Waals surface area contributed by atoms with Gasteiger partial charge >= 0.3 is 11.9 Å². The number of benzene rings is 1. The van der Waals surface area contributed by atoms with Gasteiger partial charge in [-0.3, -0.25) is 14.9 Å². The summed E-state index contributed by atoms with van der Waals surface area (Å²) in [6.45, 7) is 2.63. The molecule has 7 heteroatoms. The van der Waals surface area contributed by atoms with Gasteiger partial charge < -0.3 is 9.47 Å². The average Bonchev–Trinajstić information content (AvgIpc) is 2.43. The second-order valence-corrected chi connectivity index (χ2v) is 3.98. The maximum Gasteiger partial charge on any atom is 0.358 e. The predicted molar refractivity (Wildman–Crippen MR) is 73.6 cm³/mol. The van der Waals surface area contributed by atoms with Crippen molar-refractivity contribution in [2.75, 3.05) is 6.61 Å². The van der Waals surface area contributed by atoms with E-state index >= 15 is 0 Å². The number of hydrogen-bond donors (Lipinski definition) is 0. The number of carbonyl (C=O) groups excluding carboxylic acids is 2. The topological polar surface area (TPSA) is 95.7 Å². The molecular formula is C14H15NO6. The van der Waals surface area contributed by atoms with E-state index in [1.54, 1.807) is 37.3 Å². The molecule has 0 aliphatic carbocycles. The van der Waals surface area contributed by atoms with Crippen molar-refractivity contribution in [3.05, 3.63) is 51.7 Å². The van der Waals surface area contributed by atoms with Crippen LogP contribution in [0.15, 0.2) is 36.0 Å². The highest BCUT2D eigenvalue weighted by molar-refractivity contribution is 5.82. The number of ether oxygens (including phenoxy) is 2. The van der Waals surface area contributed by atoms with E-state index in [0.717, 1.165) is 6.92 Å². The number of nitrogens with zero attached hydrogens (tertiary/aromatic N) is 1. The van der Waals surface area contributed by atoms with Crippen LogP contribution in [0.1, 0.15) is 19.4 Å². The third kappa shape index (κ3) is 5.06. The fraction of sp³-hybridized carbons (Fsp3) is 0.286. The van der Waals surface area contributed by atoms with Crippen molar-refractivity contribution in [2.45, 2.75) is 20.0 Å². The minimum absolute atomic E-state index is 0.0208. The molecular weight excluding hydrogens is 278 g/mol. The summed E-state index contributed by atoms with van der Waals surface area (Å²) >= 11 is 0. The summed E-state index contributed by atoms with van der Waals surface area (Å²) in [6, 6.07) is 8.38. The Bertz CT molecular complexity index is 552. The summed E-state index contributed by atoms with van der Waals surface area (Å²) in [5.74, 6) is -1.79. The molecule has 7 nitrogen and oxygen atoms in total. The van der Waals surface area contributed by atoms with E-state index in [2.05, 4.69) is 0 Å². The number of esters is 2. The lowest BCUT2D eigenvalue weighted by Gasteiger charge is -2.13. The molecule has 0 spiro atoms. The number of nitro groups is 1. The molecule has 0 fully saturated rings. The van der Waals surface area contributed by atoms with Gasteiger partial charge in [-0.25, -0.2) is 4.79 Å². The quantitative estimate of drug-likeness (QED) is 0.451.